The SMILES string of the molecule is CN(C)c1ccc(C2/C(=C(\O)c3ccc(Br)cc3)C(=O)C(=O)N2c2ccc3c(c2)OCO3)cc1. The number of fused-ring (bicyclic) bond motifs is 1. The number of carbonyl (C=O) groups excluding carboxylic acids is 2. The van der Waals surface area contributed by atoms with E-state index < -0.39 is 17.7 Å². The Morgan fingerprint density at radius 1 is 0.971 bits per heavy atom. The van der Waals surface area contributed by atoms with E-state index in [0.717, 1.165) is 10.2 Å². The molecule has 172 valence electrons. The van der Waals surface area contributed by atoms with Crippen molar-refractivity contribution < 1.29 is 24.2 Å². The van der Waals surface area contributed by atoms with Gasteiger partial charge in [-0.15, -0.1) is 0 Å². The highest BCUT2D eigenvalue weighted by molar-refractivity contribution is 9.10. The number of nitrogens with zero attached hydrogens (tertiary/aromatic N) is 2. The van der Waals surface area contributed by atoms with Gasteiger partial charge < -0.3 is 19.5 Å². The lowest BCUT2D eigenvalue weighted by Gasteiger charge is -2.26. The Morgan fingerprint density at radius 2 is 1.65 bits per heavy atom. The highest BCUT2D eigenvalue weighted by Gasteiger charge is 2.47. The number of ether oxygens (including phenoxy) is 2. The van der Waals surface area contributed by atoms with Crippen LogP contribution in [0.3, 0.4) is 0 Å². The van der Waals surface area contributed by atoms with E-state index in [2.05, 4.69) is 15.9 Å². The number of amides is 1. The molecule has 1 fully saturated rings. The second-order valence-corrected chi connectivity index (χ2v) is 9.12. The zero-order valence-electron chi connectivity index (χ0n) is 18.5. The van der Waals surface area contributed by atoms with Gasteiger partial charge in [-0.25, -0.2) is 0 Å². The Hall–Kier alpha value is -3.78. The Balaban J connectivity index is 1.69. The molecule has 1 atom stereocenters. The first-order valence-corrected chi connectivity index (χ1v) is 11.4. The second-order valence-electron chi connectivity index (χ2n) is 8.20. The van der Waals surface area contributed by atoms with E-state index in [1.807, 2.05) is 43.3 Å². The molecule has 1 amide bonds. The van der Waals surface area contributed by atoms with Gasteiger partial charge in [0.2, 0.25) is 6.79 Å². The van der Waals surface area contributed by atoms with Gasteiger partial charge in [-0.2, -0.15) is 0 Å². The van der Waals surface area contributed by atoms with Gasteiger partial charge in [-0.1, -0.05) is 40.2 Å². The number of aliphatic hydroxyl groups excluding tert-OH is 1. The molecule has 0 bridgehead atoms. The molecule has 0 aromatic heterocycles. The van der Waals surface area contributed by atoms with Gasteiger partial charge in [0, 0.05) is 41.6 Å². The molecule has 2 aliphatic rings. The lowest BCUT2D eigenvalue weighted by Crippen LogP contribution is -2.29. The van der Waals surface area contributed by atoms with Crippen LogP contribution in [0.1, 0.15) is 17.2 Å². The maximum Gasteiger partial charge on any atom is 0.300 e. The molecule has 3 aromatic rings. The molecule has 1 saturated heterocycles. The van der Waals surface area contributed by atoms with Crippen molar-refractivity contribution in [3.05, 3.63) is 87.9 Å². The summed E-state index contributed by atoms with van der Waals surface area (Å²) in [4.78, 5) is 30.0. The first-order chi connectivity index (χ1) is 16.3. The van der Waals surface area contributed by atoms with Crippen molar-refractivity contribution in [3.63, 3.8) is 0 Å². The molecule has 7 nitrogen and oxygen atoms in total. The zero-order chi connectivity index (χ0) is 24.0. The van der Waals surface area contributed by atoms with Gasteiger partial charge >= 0.3 is 0 Å². The molecular formula is C26H21BrN2O5. The summed E-state index contributed by atoms with van der Waals surface area (Å²) in [5.74, 6) is -0.633. The normalized spacial score (nSPS) is 18.4. The van der Waals surface area contributed by atoms with Crippen molar-refractivity contribution >= 4 is 44.8 Å². The van der Waals surface area contributed by atoms with Gasteiger partial charge in [-0.05, 0) is 42.0 Å². The molecule has 5 rings (SSSR count). The fourth-order valence-corrected chi connectivity index (χ4v) is 4.43. The van der Waals surface area contributed by atoms with Crippen LogP contribution >= 0.6 is 15.9 Å². The van der Waals surface area contributed by atoms with Crippen molar-refractivity contribution in [2.45, 2.75) is 6.04 Å². The molecule has 1 N–H and O–H groups in total. The van der Waals surface area contributed by atoms with Crippen LogP contribution in [-0.4, -0.2) is 37.7 Å². The van der Waals surface area contributed by atoms with E-state index in [0.29, 0.717) is 28.3 Å². The lowest BCUT2D eigenvalue weighted by molar-refractivity contribution is -0.132. The molecule has 0 radical (unpaired) electrons. The highest BCUT2D eigenvalue weighted by atomic mass is 79.9. The van der Waals surface area contributed by atoms with Crippen LogP contribution in [0.15, 0.2) is 76.8 Å². The number of Topliss-reactive ketones (excluding diaryl/α,β-unsaturated/α-hetero) is 1. The standard InChI is InChI=1S/C26H21BrN2O5/c1-28(2)18-9-5-15(6-10-18)23-22(24(30)16-3-7-17(27)8-4-16)25(31)26(32)29(23)19-11-12-20-21(13-19)34-14-33-20/h3-13,23,30H,14H2,1-2H3/b24-22+. The second kappa shape index (κ2) is 8.53. The van der Waals surface area contributed by atoms with Crippen LogP contribution in [0.25, 0.3) is 5.76 Å². The van der Waals surface area contributed by atoms with Crippen molar-refractivity contribution in [2.75, 3.05) is 30.7 Å². The summed E-state index contributed by atoms with van der Waals surface area (Å²) >= 11 is 3.38. The minimum absolute atomic E-state index is 0.0302. The Morgan fingerprint density at radius 3 is 2.32 bits per heavy atom. The Labute approximate surface area is 204 Å². The third kappa shape index (κ3) is 3.70. The summed E-state index contributed by atoms with van der Waals surface area (Å²) in [5, 5.41) is 11.2. The van der Waals surface area contributed by atoms with Crippen LogP contribution in [0, 0.1) is 0 Å². The first-order valence-electron chi connectivity index (χ1n) is 10.6. The van der Waals surface area contributed by atoms with Gasteiger partial charge in [0.05, 0.1) is 11.6 Å². The van der Waals surface area contributed by atoms with Crippen LogP contribution in [0.4, 0.5) is 11.4 Å². The minimum atomic E-state index is -0.819. The Bertz CT molecular complexity index is 1320. The van der Waals surface area contributed by atoms with Gasteiger partial charge in [-0.3, -0.25) is 14.5 Å². The maximum absolute atomic E-state index is 13.3. The fourth-order valence-electron chi connectivity index (χ4n) is 4.17. The molecule has 8 heteroatoms. The summed E-state index contributed by atoms with van der Waals surface area (Å²) in [6.45, 7) is 0.0938. The van der Waals surface area contributed by atoms with Crippen LogP contribution < -0.4 is 19.3 Å². The van der Waals surface area contributed by atoms with Gasteiger partial charge in [0.1, 0.15) is 5.76 Å². The largest absolute Gasteiger partial charge is 0.507 e. The van der Waals surface area contributed by atoms with E-state index in [4.69, 9.17) is 9.47 Å². The molecule has 1 unspecified atom stereocenters. The molecule has 0 aliphatic carbocycles. The number of ketones is 1. The number of benzene rings is 3. The van der Waals surface area contributed by atoms with Gasteiger partial charge in [0.25, 0.3) is 11.7 Å². The summed E-state index contributed by atoms with van der Waals surface area (Å²) in [6.07, 6.45) is 0. The number of rotatable bonds is 4. The minimum Gasteiger partial charge on any atom is -0.507 e. The predicted molar refractivity (Wildman–Crippen MR) is 132 cm³/mol. The summed E-state index contributed by atoms with van der Waals surface area (Å²) in [5.41, 5.74) is 2.62. The van der Waals surface area contributed by atoms with Crippen LogP contribution in [0.2, 0.25) is 0 Å². The molecule has 2 aliphatic heterocycles. The van der Waals surface area contributed by atoms with Crippen molar-refractivity contribution in [3.8, 4) is 11.5 Å². The van der Waals surface area contributed by atoms with E-state index in [9.17, 15) is 14.7 Å². The summed E-state index contributed by atoms with van der Waals surface area (Å²) in [6, 6.07) is 18.7. The number of hydrogen-bond donors (Lipinski definition) is 1. The number of hydrogen-bond acceptors (Lipinski definition) is 6. The average molecular weight is 521 g/mol. The van der Waals surface area contributed by atoms with E-state index in [-0.39, 0.29) is 18.1 Å². The number of carbonyl (C=O) groups is 2. The zero-order valence-corrected chi connectivity index (χ0v) is 20.1. The van der Waals surface area contributed by atoms with Crippen molar-refractivity contribution in [2.24, 2.45) is 0 Å². The fraction of sp³-hybridized carbons (Fsp3) is 0.154. The van der Waals surface area contributed by atoms with Crippen LogP contribution in [-0.2, 0) is 9.59 Å². The quantitative estimate of drug-likeness (QED) is 0.300. The molecule has 34 heavy (non-hydrogen) atoms. The van der Waals surface area contributed by atoms with Gasteiger partial charge in [0.15, 0.2) is 11.5 Å². The first kappa shape index (κ1) is 22.0. The third-order valence-corrected chi connectivity index (χ3v) is 6.45. The molecule has 0 saturated carbocycles. The monoisotopic (exact) mass is 520 g/mol. The molecular weight excluding hydrogens is 500 g/mol. The lowest BCUT2D eigenvalue weighted by atomic mass is 9.95. The van der Waals surface area contributed by atoms with E-state index in [1.165, 1.54) is 4.90 Å². The molecule has 3 aromatic carbocycles. The molecule has 2 heterocycles. The van der Waals surface area contributed by atoms with E-state index >= 15 is 0 Å². The van der Waals surface area contributed by atoms with Crippen LogP contribution in [0.5, 0.6) is 11.5 Å². The maximum atomic E-state index is 13.3. The van der Waals surface area contributed by atoms with Crippen molar-refractivity contribution in [1.82, 2.24) is 0 Å². The molecule has 0 spiro atoms. The Kier molecular flexibility index (Phi) is 5.53. The average Bonchev–Trinajstić information content (AvgIpc) is 3.41. The highest BCUT2D eigenvalue weighted by Crippen LogP contribution is 2.45. The van der Waals surface area contributed by atoms with E-state index in [1.54, 1.807) is 42.5 Å². The smallest absolute Gasteiger partial charge is 0.300 e. The predicted octanol–water partition coefficient (Wildman–Crippen LogP) is 4.87. The third-order valence-electron chi connectivity index (χ3n) is 5.92. The summed E-state index contributed by atoms with van der Waals surface area (Å²) in [7, 11) is 3.86. The number of aliphatic hydroxyl groups is 1. The van der Waals surface area contributed by atoms with Crippen molar-refractivity contribution in [1.29, 1.82) is 0 Å². The topological polar surface area (TPSA) is 79.3 Å². The number of halogens is 1. The number of anilines is 2. The summed E-state index contributed by atoms with van der Waals surface area (Å²) < 4.78 is 11.7.